The summed E-state index contributed by atoms with van der Waals surface area (Å²) in [6.45, 7) is 4.13. The van der Waals surface area contributed by atoms with Gasteiger partial charge in [0.25, 0.3) is 0 Å². The van der Waals surface area contributed by atoms with E-state index in [1.54, 1.807) is 0 Å². The summed E-state index contributed by atoms with van der Waals surface area (Å²) in [4.78, 5) is 35.9. The number of carboxylic acid groups (broad SMARTS) is 1. The number of hydrogen-bond donors (Lipinski definition) is 3. The average Bonchev–Trinajstić information content (AvgIpc) is 3.09. The molecule has 2 aromatic rings. The van der Waals surface area contributed by atoms with E-state index in [2.05, 4.69) is 34.9 Å². The third kappa shape index (κ3) is 5.41. The molecule has 1 saturated carbocycles. The zero-order chi connectivity index (χ0) is 24.2. The highest BCUT2D eigenvalue weighted by molar-refractivity contribution is 5.80. The Balaban J connectivity index is 1.28. The first kappa shape index (κ1) is 23.8. The Bertz CT molecular complexity index is 1010. The Hall–Kier alpha value is -3.35. The molecule has 1 atom stereocenters. The largest absolute Gasteiger partial charge is 0.481 e. The van der Waals surface area contributed by atoms with E-state index in [0.717, 1.165) is 11.1 Å². The van der Waals surface area contributed by atoms with Crippen molar-refractivity contribution in [3.8, 4) is 11.1 Å². The van der Waals surface area contributed by atoms with Crippen molar-refractivity contribution in [1.82, 2.24) is 10.6 Å². The summed E-state index contributed by atoms with van der Waals surface area (Å²) in [5.74, 6) is -0.787. The van der Waals surface area contributed by atoms with Crippen LogP contribution in [0.25, 0.3) is 11.1 Å². The lowest BCUT2D eigenvalue weighted by Crippen LogP contribution is -2.48. The molecule has 180 valence electrons. The lowest BCUT2D eigenvalue weighted by Gasteiger charge is -2.35. The molecule has 0 spiro atoms. The van der Waals surface area contributed by atoms with Gasteiger partial charge in [-0.2, -0.15) is 0 Å². The normalized spacial score (nSPS) is 19.5. The van der Waals surface area contributed by atoms with E-state index >= 15 is 0 Å². The minimum atomic E-state index is -0.804. The predicted octanol–water partition coefficient (Wildman–Crippen LogP) is 4.31. The Morgan fingerprint density at radius 1 is 1.00 bits per heavy atom. The van der Waals surface area contributed by atoms with Crippen LogP contribution in [-0.2, 0) is 14.3 Å². The van der Waals surface area contributed by atoms with Crippen LogP contribution >= 0.6 is 0 Å². The standard InChI is InChI=1S/C27H32N2O5/c1-16(2)24(14-25(30)28-18-11-17(12-18)13-26(31)32)29-27(33)34-15-23-21-9-5-3-7-19(21)20-8-4-6-10-22(20)23/h3-10,16-18,23-24H,11-15H2,1-2H3,(H,28,30)(H,29,33)(H,31,32). The first-order valence-electron chi connectivity index (χ1n) is 11.9. The Labute approximate surface area is 199 Å². The van der Waals surface area contributed by atoms with Crippen LogP contribution in [0, 0.1) is 11.8 Å². The summed E-state index contributed by atoms with van der Waals surface area (Å²) in [7, 11) is 0. The maximum absolute atomic E-state index is 12.6. The van der Waals surface area contributed by atoms with Gasteiger partial charge in [0.05, 0.1) is 0 Å². The van der Waals surface area contributed by atoms with Crippen molar-refractivity contribution in [1.29, 1.82) is 0 Å². The quantitative estimate of drug-likeness (QED) is 0.513. The third-order valence-corrected chi connectivity index (χ3v) is 6.92. The smallest absolute Gasteiger partial charge is 0.407 e. The molecule has 1 fully saturated rings. The molecule has 2 aromatic carbocycles. The average molecular weight is 465 g/mol. The van der Waals surface area contributed by atoms with Gasteiger partial charge in [-0.1, -0.05) is 62.4 Å². The van der Waals surface area contributed by atoms with Gasteiger partial charge in [-0.25, -0.2) is 4.79 Å². The summed E-state index contributed by atoms with van der Waals surface area (Å²) in [5.41, 5.74) is 4.65. The molecular weight excluding hydrogens is 432 g/mol. The van der Waals surface area contributed by atoms with E-state index in [0.29, 0.717) is 12.8 Å². The van der Waals surface area contributed by atoms with Gasteiger partial charge in [0.2, 0.25) is 5.91 Å². The molecule has 34 heavy (non-hydrogen) atoms. The number of ether oxygens (including phenoxy) is 1. The molecule has 2 aliphatic carbocycles. The Morgan fingerprint density at radius 3 is 2.15 bits per heavy atom. The van der Waals surface area contributed by atoms with Gasteiger partial charge in [0, 0.05) is 30.8 Å². The van der Waals surface area contributed by atoms with Gasteiger partial charge in [-0.3, -0.25) is 9.59 Å². The molecule has 4 rings (SSSR count). The number of alkyl carbamates (subject to hydrolysis) is 1. The van der Waals surface area contributed by atoms with Crippen molar-refractivity contribution >= 4 is 18.0 Å². The monoisotopic (exact) mass is 464 g/mol. The number of benzene rings is 2. The summed E-state index contributed by atoms with van der Waals surface area (Å²) >= 11 is 0. The van der Waals surface area contributed by atoms with Crippen molar-refractivity contribution in [3.05, 3.63) is 59.7 Å². The first-order valence-corrected chi connectivity index (χ1v) is 11.9. The van der Waals surface area contributed by atoms with E-state index in [1.807, 2.05) is 38.1 Å². The van der Waals surface area contributed by atoms with Crippen LogP contribution in [0.1, 0.15) is 56.6 Å². The van der Waals surface area contributed by atoms with Crippen LogP contribution in [0.4, 0.5) is 4.79 Å². The second-order valence-corrected chi connectivity index (χ2v) is 9.72. The van der Waals surface area contributed by atoms with Gasteiger partial charge in [-0.05, 0) is 46.9 Å². The second-order valence-electron chi connectivity index (χ2n) is 9.72. The van der Waals surface area contributed by atoms with E-state index in [9.17, 15) is 14.4 Å². The Morgan fingerprint density at radius 2 is 1.59 bits per heavy atom. The highest BCUT2D eigenvalue weighted by atomic mass is 16.5. The zero-order valence-corrected chi connectivity index (χ0v) is 19.6. The summed E-state index contributed by atoms with van der Waals surface area (Å²) in [6.07, 6.45) is 1.14. The van der Waals surface area contributed by atoms with Crippen LogP contribution in [0.3, 0.4) is 0 Å². The lowest BCUT2D eigenvalue weighted by atomic mass is 9.78. The van der Waals surface area contributed by atoms with E-state index in [1.165, 1.54) is 11.1 Å². The summed E-state index contributed by atoms with van der Waals surface area (Å²) < 4.78 is 5.63. The number of rotatable bonds is 9. The van der Waals surface area contributed by atoms with Crippen molar-refractivity contribution in [2.24, 2.45) is 11.8 Å². The molecule has 3 N–H and O–H groups in total. The number of amides is 2. The minimum Gasteiger partial charge on any atom is -0.481 e. The highest BCUT2D eigenvalue weighted by Gasteiger charge is 2.33. The highest BCUT2D eigenvalue weighted by Crippen LogP contribution is 2.44. The van der Waals surface area contributed by atoms with Crippen molar-refractivity contribution < 1.29 is 24.2 Å². The lowest BCUT2D eigenvalue weighted by molar-refractivity contribution is -0.139. The van der Waals surface area contributed by atoms with E-state index in [-0.39, 0.29) is 55.2 Å². The van der Waals surface area contributed by atoms with E-state index < -0.39 is 12.1 Å². The van der Waals surface area contributed by atoms with Gasteiger partial charge in [0.15, 0.2) is 0 Å². The number of carbonyl (C=O) groups excluding carboxylic acids is 2. The number of fused-ring (bicyclic) bond motifs is 3. The first-order chi connectivity index (χ1) is 16.3. The molecule has 7 heteroatoms. The summed E-state index contributed by atoms with van der Waals surface area (Å²) in [5, 5.41) is 14.7. The number of aliphatic carboxylic acids is 1. The maximum atomic E-state index is 12.6. The van der Waals surface area contributed by atoms with Crippen molar-refractivity contribution in [3.63, 3.8) is 0 Å². The predicted molar refractivity (Wildman–Crippen MR) is 128 cm³/mol. The second kappa shape index (κ2) is 10.3. The van der Waals surface area contributed by atoms with Crippen LogP contribution in [0.15, 0.2) is 48.5 Å². The molecule has 0 saturated heterocycles. The molecule has 0 radical (unpaired) electrons. The van der Waals surface area contributed by atoms with Crippen LogP contribution in [-0.4, -0.2) is 41.8 Å². The molecule has 2 aliphatic rings. The molecule has 0 aliphatic heterocycles. The molecule has 2 amide bonds. The van der Waals surface area contributed by atoms with Gasteiger partial charge < -0.3 is 20.5 Å². The molecule has 7 nitrogen and oxygen atoms in total. The molecule has 0 bridgehead atoms. The molecule has 1 unspecified atom stereocenters. The van der Waals surface area contributed by atoms with Gasteiger partial charge in [-0.15, -0.1) is 0 Å². The van der Waals surface area contributed by atoms with Crippen molar-refractivity contribution in [2.45, 2.75) is 57.5 Å². The number of nitrogens with one attached hydrogen (secondary N) is 2. The number of hydrogen-bond acceptors (Lipinski definition) is 4. The fourth-order valence-electron chi connectivity index (χ4n) is 5.00. The SMILES string of the molecule is CC(C)C(CC(=O)NC1CC(CC(=O)O)C1)NC(=O)OCC1c2ccccc2-c2ccccc21. The van der Waals surface area contributed by atoms with Crippen LogP contribution < -0.4 is 10.6 Å². The van der Waals surface area contributed by atoms with Crippen LogP contribution in [0.2, 0.25) is 0 Å². The van der Waals surface area contributed by atoms with Gasteiger partial charge >= 0.3 is 12.1 Å². The summed E-state index contributed by atoms with van der Waals surface area (Å²) in [6, 6.07) is 16.0. The molecule has 0 heterocycles. The maximum Gasteiger partial charge on any atom is 0.407 e. The molecular formula is C27H32N2O5. The van der Waals surface area contributed by atoms with Crippen molar-refractivity contribution in [2.75, 3.05) is 6.61 Å². The van der Waals surface area contributed by atoms with E-state index in [4.69, 9.17) is 9.84 Å². The fraction of sp³-hybridized carbons (Fsp3) is 0.444. The Kier molecular flexibility index (Phi) is 7.20. The number of carboxylic acids is 1. The third-order valence-electron chi connectivity index (χ3n) is 6.92. The van der Waals surface area contributed by atoms with Crippen LogP contribution in [0.5, 0.6) is 0 Å². The minimum absolute atomic E-state index is 0.0131. The zero-order valence-electron chi connectivity index (χ0n) is 19.6. The number of carbonyl (C=O) groups is 3. The molecule has 0 aromatic heterocycles. The fourth-order valence-corrected chi connectivity index (χ4v) is 5.00. The van der Waals surface area contributed by atoms with Gasteiger partial charge in [0.1, 0.15) is 6.61 Å². The topological polar surface area (TPSA) is 105 Å².